The number of carbonyl (C=O) groups excluding carboxylic acids is 1. The van der Waals surface area contributed by atoms with Crippen LogP contribution in [0.5, 0.6) is 0 Å². The van der Waals surface area contributed by atoms with Crippen LogP contribution in [0, 0.1) is 5.82 Å². The lowest BCUT2D eigenvalue weighted by molar-refractivity contribution is -0.133. The number of halogens is 1. The minimum absolute atomic E-state index is 0.153. The standard InChI is InChI=1S/C22H27FN2O3/c23-20-6-2-1-5-19(20)21-9-7-17(28-21)8-10-22(26)25-13-11-24(12-14-25)16-18-4-3-15-27-18/h1-2,5-7,9,18H,3-4,8,10-16H2. The van der Waals surface area contributed by atoms with Crippen molar-refractivity contribution in [2.24, 2.45) is 0 Å². The average Bonchev–Trinajstić information content (AvgIpc) is 3.39. The maximum absolute atomic E-state index is 13.9. The van der Waals surface area contributed by atoms with E-state index in [0.717, 1.165) is 52.2 Å². The molecule has 0 radical (unpaired) electrons. The fraction of sp³-hybridized carbons (Fsp3) is 0.500. The number of amides is 1. The molecule has 0 N–H and O–H groups in total. The highest BCUT2D eigenvalue weighted by Gasteiger charge is 2.24. The second-order valence-electron chi connectivity index (χ2n) is 7.56. The number of hydrogen-bond acceptors (Lipinski definition) is 4. The van der Waals surface area contributed by atoms with Crippen LogP contribution in [-0.2, 0) is 16.0 Å². The molecule has 150 valence electrons. The third kappa shape index (κ3) is 4.62. The van der Waals surface area contributed by atoms with Gasteiger partial charge in [-0.05, 0) is 37.1 Å². The zero-order valence-corrected chi connectivity index (χ0v) is 16.1. The van der Waals surface area contributed by atoms with Crippen LogP contribution in [0.25, 0.3) is 11.3 Å². The predicted molar refractivity (Wildman–Crippen MR) is 104 cm³/mol. The quantitative estimate of drug-likeness (QED) is 0.764. The molecule has 6 heteroatoms. The molecule has 5 nitrogen and oxygen atoms in total. The van der Waals surface area contributed by atoms with E-state index in [1.165, 1.54) is 6.07 Å². The Morgan fingerprint density at radius 2 is 1.93 bits per heavy atom. The smallest absolute Gasteiger partial charge is 0.223 e. The number of hydrogen-bond donors (Lipinski definition) is 0. The number of rotatable bonds is 6. The van der Waals surface area contributed by atoms with Crippen molar-refractivity contribution < 1.29 is 18.3 Å². The summed E-state index contributed by atoms with van der Waals surface area (Å²) in [6.45, 7) is 5.21. The normalized spacial score (nSPS) is 20.6. The molecule has 2 aromatic rings. The van der Waals surface area contributed by atoms with Crippen LogP contribution in [0.4, 0.5) is 4.39 Å². The Morgan fingerprint density at radius 3 is 2.68 bits per heavy atom. The Bertz CT molecular complexity index is 793. The van der Waals surface area contributed by atoms with Crippen LogP contribution >= 0.6 is 0 Å². The Hall–Kier alpha value is -2.18. The molecule has 2 saturated heterocycles. The van der Waals surface area contributed by atoms with E-state index < -0.39 is 0 Å². The third-order valence-electron chi connectivity index (χ3n) is 5.60. The van der Waals surface area contributed by atoms with Crippen LogP contribution in [0.1, 0.15) is 25.0 Å². The zero-order valence-electron chi connectivity index (χ0n) is 16.1. The van der Waals surface area contributed by atoms with Gasteiger partial charge in [0.25, 0.3) is 0 Å². The van der Waals surface area contributed by atoms with Crippen molar-refractivity contribution in [2.75, 3.05) is 39.3 Å². The summed E-state index contributed by atoms with van der Waals surface area (Å²) in [6.07, 6.45) is 3.62. The molecule has 2 aliphatic heterocycles. The number of piperazine rings is 1. The molecule has 4 rings (SSSR count). The number of ether oxygens (including phenoxy) is 1. The van der Waals surface area contributed by atoms with Crippen molar-refractivity contribution in [3.05, 3.63) is 48.0 Å². The lowest BCUT2D eigenvalue weighted by atomic mass is 10.1. The van der Waals surface area contributed by atoms with Gasteiger partial charge in [-0.15, -0.1) is 0 Å². The van der Waals surface area contributed by atoms with E-state index in [0.29, 0.717) is 36.0 Å². The van der Waals surface area contributed by atoms with E-state index in [4.69, 9.17) is 9.15 Å². The first-order valence-corrected chi connectivity index (χ1v) is 10.1. The van der Waals surface area contributed by atoms with Crippen molar-refractivity contribution in [3.63, 3.8) is 0 Å². The lowest BCUT2D eigenvalue weighted by Crippen LogP contribution is -2.50. The van der Waals surface area contributed by atoms with Gasteiger partial charge in [0, 0.05) is 52.2 Å². The van der Waals surface area contributed by atoms with E-state index in [1.807, 2.05) is 11.0 Å². The van der Waals surface area contributed by atoms with Crippen molar-refractivity contribution in [3.8, 4) is 11.3 Å². The summed E-state index contributed by atoms with van der Waals surface area (Å²) in [5.74, 6) is 1.06. The predicted octanol–water partition coefficient (Wildman–Crippen LogP) is 3.34. The summed E-state index contributed by atoms with van der Waals surface area (Å²) in [7, 11) is 0. The molecule has 0 spiro atoms. The molecular weight excluding hydrogens is 359 g/mol. The monoisotopic (exact) mass is 386 g/mol. The van der Waals surface area contributed by atoms with E-state index in [-0.39, 0.29) is 11.7 Å². The Balaban J connectivity index is 1.23. The number of nitrogens with zero attached hydrogens (tertiary/aromatic N) is 2. The maximum Gasteiger partial charge on any atom is 0.223 e. The number of aryl methyl sites for hydroxylation is 1. The minimum atomic E-state index is -0.305. The molecule has 0 bridgehead atoms. The van der Waals surface area contributed by atoms with Crippen LogP contribution in [-0.4, -0.2) is 61.1 Å². The van der Waals surface area contributed by atoms with E-state index >= 15 is 0 Å². The summed E-state index contributed by atoms with van der Waals surface area (Å²) in [5.41, 5.74) is 0.447. The minimum Gasteiger partial charge on any atom is -0.461 e. The Morgan fingerprint density at radius 1 is 1.11 bits per heavy atom. The second kappa shape index (κ2) is 8.88. The number of carbonyl (C=O) groups is 1. The molecule has 1 unspecified atom stereocenters. The molecule has 0 aliphatic carbocycles. The molecule has 3 heterocycles. The van der Waals surface area contributed by atoms with E-state index in [9.17, 15) is 9.18 Å². The van der Waals surface area contributed by atoms with Gasteiger partial charge >= 0.3 is 0 Å². The van der Waals surface area contributed by atoms with Crippen LogP contribution in [0.3, 0.4) is 0 Å². The van der Waals surface area contributed by atoms with Gasteiger partial charge in [0.1, 0.15) is 17.3 Å². The van der Waals surface area contributed by atoms with Crippen LogP contribution < -0.4 is 0 Å². The molecule has 1 aromatic heterocycles. The molecule has 28 heavy (non-hydrogen) atoms. The largest absolute Gasteiger partial charge is 0.461 e. The van der Waals surface area contributed by atoms with Gasteiger partial charge < -0.3 is 14.1 Å². The molecule has 1 atom stereocenters. The topological polar surface area (TPSA) is 45.9 Å². The van der Waals surface area contributed by atoms with Gasteiger partial charge in [0.15, 0.2) is 0 Å². The first kappa shape index (κ1) is 19.2. The van der Waals surface area contributed by atoms with Crippen molar-refractivity contribution in [1.82, 2.24) is 9.80 Å². The summed E-state index contributed by atoms with van der Waals surface area (Å²) in [4.78, 5) is 16.9. The average molecular weight is 386 g/mol. The summed E-state index contributed by atoms with van der Waals surface area (Å²) in [6, 6.07) is 10.1. The molecule has 1 aromatic carbocycles. The maximum atomic E-state index is 13.9. The molecule has 1 amide bonds. The number of furan rings is 1. The van der Waals surface area contributed by atoms with Crippen LogP contribution in [0.15, 0.2) is 40.8 Å². The summed E-state index contributed by atoms with van der Waals surface area (Å²) < 4.78 is 25.3. The van der Waals surface area contributed by atoms with Gasteiger partial charge in [0.05, 0.1) is 11.7 Å². The number of benzene rings is 1. The van der Waals surface area contributed by atoms with Crippen molar-refractivity contribution in [1.29, 1.82) is 0 Å². The highest BCUT2D eigenvalue weighted by Crippen LogP contribution is 2.25. The summed E-state index contributed by atoms with van der Waals surface area (Å²) >= 11 is 0. The lowest BCUT2D eigenvalue weighted by Gasteiger charge is -2.35. The Labute approximate surface area is 165 Å². The first-order chi connectivity index (χ1) is 13.7. The molecule has 0 saturated carbocycles. The third-order valence-corrected chi connectivity index (χ3v) is 5.60. The molecule has 2 aliphatic rings. The Kier molecular flexibility index (Phi) is 6.07. The van der Waals surface area contributed by atoms with Gasteiger partial charge in [-0.25, -0.2) is 4.39 Å². The molecular formula is C22H27FN2O3. The highest BCUT2D eigenvalue weighted by molar-refractivity contribution is 5.76. The van der Waals surface area contributed by atoms with Gasteiger partial charge in [-0.3, -0.25) is 9.69 Å². The second-order valence-corrected chi connectivity index (χ2v) is 7.56. The zero-order chi connectivity index (χ0) is 19.3. The van der Waals surface area contributed by atoms with E-state index in [1.54, 1.807) is 24.3 Å². The first-order valence-electron chi connectivity index (χ1n) is 10.1. The fourth-order valence-corrected chi connectivity index (χ4v) is 3.96. The van der Waals surface area contributed by atoms with Gasteiger partial charge in [0.2, 0.25) is 5.91 Å². The summed E-state index contributed by atoms with van der Waals surface area (Å²) in [5, 5.41) is 0. The SMILES string of the molecule is O=C(CCc1ccc(-c2ccccc2F)o1)N1CCN(CC2CCCO2)CC1. The molecule has 2 fully saturated rings. The highest BCUT2D eigenvalue weighted by atomic mass is 19.1. The van der Waals surface area contributed by atoms with Crippen LogP contribution in [0.2, 0.25) is 0 Å². The van der Waals surface area contributed by atoms with E-state index in [2.05, 4.69) is 4.90 Å². The van der Waals surface area contributed by atoms with Crippen molar-refractivity contribution in [2.45, 2.75) is 31.8 Å². The van der Waals surface area contributed by atoms with Gasteiger partial charge in [-0.1, -0.05) is 12.1 Å². The van der Waals surface area contributed by atoms with Crippen molar-refractivity contribution >= 4 is 5.91 Å². The fourth-order valence-electron chi connectivity index (χ4n) is 3.96. The van der Waals surface area contributed by atoms with Gasteiger partial charge in [-0.2, -0.15) is 0 Å².